The van der Waals surface area contributed by atoms with Crippen LogP contribution in [-0.4, -0.2) is 39.5 Å². The lowest BCUT2D eigenvalue weighted by molar-refractivity contribution is -0.137. The number of hydrogen-bond acceptors (Lipinski definition) is 4. The van der Waals surface area contributed by atoms with E-state index >= 15 is 0 Å². The van der Waals surface area contributed by atoms with Crippen molar-refractivity contribution in [2.45, 2.75) is 12.2 Å². The summed E-state index contributed by atoms with van der Waals surface area (Å²) in [4.78, 5) is 21.1. The van der Waals surface area contributed by atoms with Crippen molar-refractivity contribution in [2.75, 3.05) is 0 Å². The van der Waals surface area contributed by atoms with Crippen LogP contribution in [-0.2, 0) is 14.3 Å². The number of carboxylic acid groups (broad SMARTS) is 2. The van der Waals surface area contributed by atoms with E-state index in [9.17, 15) is 14.7 Å². The molecule has 0 bridgehead atoms. The van der Waals surface area contributed by atoms with Crippen LogP contribution in [0.4, 0.5) is 0 Å². The summed E-state index contributed by atoms with van der Waals surface area (Å²) in [7, 11) is 0. The number of carboxylic acids is 2. The van der Waals surface area contributed by atoms with E-state index in [-0.39, 0.29) is 5.57 Å². The highest BCUT2D eigenvalue weighted by atomic mass is 16.5. The summed E-state index contributed by atoms with van der Waals surface area (Å²) in [6.45, 7) is 3.12. The van der Waals surface area contributed by atoms with E-state index < -0.39 is 29.9 Å². The average molecular weight is 226 g/mol. The second-order valence-electron chi connectivity index (χ2n) is 3.09. The van der Waals surface area contributed by atoms with Crippen LogP contribution >= 0.6 is 0 Å². The molecule has 0 unspecified atom stereocenters. The third kappa shape index (κ3) is 2.71. The van der Waals surface area contributed by atoms with Gasteiger partial charge < -0.3 is 20.1 Å². The molecule has 0 saturated carbocycles. The van der Waals surface area contributed by atoms with Crippen molar-refractivity contribution in [2.24, 2.45) is 0 Å². The van der Waals surface area contributed by atoms with Crippen LogP contribution in [0, 0.1) is 0 Å². The molecular formula is C10H10O6. The Balaban J connectivity index is 2.80. The lowest BCUT2D eigenvalue weighted by Gasteiger charge is -2.21. The quantitative estimate of drug-likeness (QED) is 0.457. The Kier molecular flexibility index (Phi) is 3.47. The number of hydrogen-bond donors (Lipinski definition) is 3. The maximum Gasteiger partial charge on any atom is 0.370 e. The van der Waals surface area contributed by atoms with Crippen molar-refractivity contribution in [1.82, 2.24) is 0 Å². The smallest absolute Gasteiger partial charge is 0.370 e. The van der Waals surface area contributed by atoms with Gasteiger partial charge in [0.25, 0.3) is 0 Å². The molecule has 6 heteroatoms. The van der Waals surface area contributed by atoms with Gasteiger partial charge in [0.05, 0.1) is 5.57 Å². The molecule has 0 amide bonds. The van der Waals surface area contributed by atoms with Gasteiger partial charge in [0.1, 0.15) is 12.2 Å². The minimum atomic E-state index is -1.37. The fraction of sp³-hybridized carbons (Fsp3) is 0.200. The van der Waals surface area contributed by atoms with Crippen molar-refractivity contribution >= 4 is 11.9 Å². The molecule has 0 aliphatic heterocycles. The zero-order valence-electron chi connectivity index (χ0n) is 8.16. The second kappa shape index (κ2) is 4.63. The Morgan fingerprint density at radius 2 is 2.00 bits per heavy atom. The first kappa shape index (κ1) is 12.0. The number of rotatable bonds is 4. The predicted molar refractivity (Wildman–Crippen MR) is 52.5 cm³/mol. The molecule has 0 saturated heterocycles. The minimum Gasteiger partial charge on any atom is -0.478 e. The van der Waals surface area contributed by atoms with Gasteiger partial charge in [0, 0.05) is 0 Å². The molecule has 1 aliphatic rings. The van der Waals surface area contributed by atoms with Gasteiger partial charge in [-0.3, -0.25) is 0 Å². The number of ether oxygens (including phenoxy) is 1. The molecular weight excluding hydrogens is 216 g/mol. The van der Waals surface area contributed by atoms with E-state index in [0.29, 0.717) is 0 Å². The topological polar surface area (TPSA) is 104 Å². The van der Waals surface area contributed by atoms with E-state index in [1.165, 1.54) is 12.2 Å². The average Bonchev–Trinajstić information content (AvgIpc) is 2.20. The summed E-state index contributed by atoms with van der Waals surface area (Å²) in [6.07, 6.45) is 1.40. The Morgan fingerprint density at radius 1 is 1.38 bits per heavy atom. The Hall–Kier alpha value is -2.08. The van der Waals surface area contributed by atoms with Crippen molar-refractivity contribution in [3.8, 4) is 0 Å². The second-order valence-corrected chi connectivity index (χ2v) is 3.09. The first-order chi connectivity index (χ1) is 7.41. The predicted octanol–water partition coefficient (Wildman–Crippen LogP) is -0.0884. The van der Waals surface area contributed by atoms with Crippen LogP contribution in [0.5, 0.6) is 0 Å². The van der Waals surface area contributed by atoms with Gasteiger partial charge in [0.15, 0.2) is 5.76 Å². The Morgan fingerprint density at radius 3 is 2.50 bits per heavy atom. The van der Waals surface area contributed by atoms with Crippen molar-refractivity contribution in [1.29, 1.82) is 0 Å². The summed E-state index contributed by atoms with van der Waals surface area (Å²) in [5, 5.41) is 26.6. The molecule has 0 aromatic rings. The number of aliphatic hydroxyl groups is 1. The van der Waals surface area contributed by atoms with Crippen molar-refractivity contribution < 1.29 is 29.6 Å². The molecule has 0 aromatic carbocycles. The maximum atomic E-state index is 10.6. The third-order valence-electron chi connectivity index (χ3n) is 1.92. The van der Waals surface area contributed by atoms with Gasteiger partial charge >= 0.3 is 11.9 Å². The summed E-state index contributed by atoms with van der Waals surface area (Å²) < 4.78 is 4.81. The fourth-order valence-corrected chi connectivity index (χ4v) is 1.10. The highest BCUT2D eigenvalue weighted by Gasteiger charge is 2.24. The number of aliphatic hydroxyl groups excluding tert-OH is 1. The molecule has 2 atom stereocenters. The van der Waals surface area contributed by atoms with Crippen LogP contribution in [0.2, 0.25) is 0 Å². The monoisotopic (exact) mass is 226 g/mol. The molecule has 86 valence electrons. The zero-order valence-corrected chi connectivity index (χ0v) is 8.16. The van der Waals surface area contributed by atoms with Gasteiger partial charge in [-0.2, -0.15) is 0 Å². The molecule has 0 fully saturated rings. The van der Waals surface area contributed by atoms with Gasteiger partial charge in [0.2, 0.25) is 0 Å². The highest BCUT2D eigenvalue weighted by molar-refractivity contribution is 5.90. The molecule has 3 N–H and O–H groups in total. The van der Waals surface area contributed by atoms with E-state index in [4.69, 9.17) is 14.9 Å². The first-order valence-corrected chi connectivity index (χ1v) is 4.32. The van der Waals surface area contributed by atoms with E-state index in [1.807, 2.05) is 0 Å². The third-order valence-corrected chi connectivity index (χ3v) is 1.92. The van der Waals surface area contributed by atoms with E-state index in [0.717, 1.165) is 6.08 Å². The number of carbonyl (C=O) groups is 2. The van der Waals surface area contributed by atoms with Crippen LogP contribution in [0.3, 0.4) is 0 Å². The molecule has 0 aromatic heterocycles. The normalized spacial score (nSPS) is 23.4. The van der Waals surface area contributed by atoms with E-state index in [2.05, 4.69) is 6.58 Å². The van der Waals surface area contributed by atoms with Crippen molar-refractivity contribution in [3.63, 3.8) is 0 Å². The lowest BCUT2D eigenvalue weighted by Crippen LogP contribution is -2.29. The molecule has 1 aliphatic carbocycles. The van der Waals surface area contributed by atoms with Gasteiger partial charge in [-0.25, -0.2) is 9.59 Å². The summed E-state index contributed by atoms with van der Waals surface area (Å²) >= 11 is 0. The molecule has 0 spiro atoms. The first-order valence-electron chi connectivity index (χ1n) is 4.32. The highest BCUT2D eigenvalue weighted by Crippen LogP contribution is 2.16. The molecule has 0 radical (unpaired) electrons. The SMILES string of the molecule is C=C(O[C@H]1C=C(C(=O)O)C=C[C@@H]1O)C(=O)O. The van der Waals surface area contributed by atoms with Gasteiger partial charge in [-0.05, 0) is 18.7 Å². The standard InChI is InChI=1S/C10H10O6/c1-5(9(12)13)16-8-4-6(10(14)15)2-3-7(8)11/h2-4,7-8,11H,1H2,(H,12,13)(H,14,15)/t7-,8-/m0/s1. The summed E-state index contributed by atoms with van der Waals surface area (Å²) in [5.41, 5.74) is -0.0755. The summed E-state index contributed by atoms with van der Waals surface area (Å²) in [6, 6.07) is 0. The maximum absolute atomic E-state index is 10.6. The van der Waals surface area contributed by atoms with Gasteiger partial charge in [-0.1, -0.05) is 6.08 Å². The fourth-order valence-electron chi connectivity index (χ4n) is 1.10. The molecule has 0 heterocycles. The van der Waals surface area contributed by atoms with Crippen LogP contribution in [0.25, 0.3) is 0 Å². The Labute approximate surface area is 90.8 Å². The number of aliphatic carboxylic acids is 2. The molecule has 6 nitrogen and oxygen atoms in total. The molecule has 1 rings (SSSR count). The van der Waals surface area contributed by atoms with E-state index in [1.54, 1.807) is 0 Å². The Bertz CT molecular complexity index is 392. The van der Waals surface area contributed by atoms with Gasteiger partial charge in [-0.15, -0.1) is 0 Å². The lowest BCUT2D eigenvalue weighted by atomic mass is 10.0. The largest absolute Gasteiger partial charge is 0.478 e. The molecule has 16 heavy (non-hydrogen) atoms. The zero-order chi connectivity index (χ0) is 12.3. The van der Waals surface area contributed by atoms with Crippen molar-refractivity contribution in [3.05, 3.63) is 36.1 Å². The summed E-state index contributed by atoms with van der Waals surface area (Å²) in [5.74, 6) is -3.11. The minimum absolute atomic E-state index is 0.0755. The van der Waals surface area contributed by atoms with Crippen LogP contribution < -0.4 is 0 Å². The van der Waals surface area contributed by atoms with Crippen LogP contribution in [0.15, 0.2) is 36.1 Å². The van der Waals surface area contributed by atoms with Crippen LogP contribution in [0.1, 0.15) is 0 Å².